The molecule has 3 saturated heterocycles. The Balaban J connectivity index is 1.42. The third-order valence-electron chi connectivity index (χ3n) is 6.72. The number of ether oxygens (including phenoxy) is 1. The molecule has 4 rings (SSSR count). The molecule has 8 nitrogen and oxygen atoms in total. The molecule has 0 aliphatic carbocycles. The van der Waals surface area contributed by atoms with E-state index in [0.717, 1.165) is 58.5 Å². The number of hydrogen-bond donors (Lipinski definition) is 0. The third-order valence-corrected chi connectivity index (χ3v) is 8.86. The van der Waals surface area contributed by atoms with Gasteiger partial charge in [0.2, 0.25) is 10.0 Å². The Morgan fingerprint density at radius 2 is 1.75 bits per heavy atom. The summed E-state index contributed by atoms with van der Waals surface area (Å²) in [5, 5.41) is 3.81. The molecule has 0 bridgehead atoms. The summed E-state index contributed by atoms with van der Waals surface area (Å²) >= 11 is 0. The van der Waals surface area contributed by atoms with Crippen molar-refractivity contribution in [1.29, 1.82) is 0 Å². The molecule has 9 heteroatoms. The van der Waals surface area contributed by atoms with Gasteiger partial charge < -0.3 is 14.2 Å². The number of nitrogens with zero attached hydrogens (tertiary/aromatic N) is 4. The standard InChI is InChI=1S/C19H32N4O4S/c1-15-18(16(2)27-20-15)28(24,25)23-7-5-19(6-8-23)14-17(4-13-26-19)22-11-9-21(3)10-12-22/h17H,4-14H2,1-3H3. The number of aromatic nitrogens is 1. The lowest BCUT2D eigenvalue weighted by molar-refractivity contribution is -0.129. The van der Waals surface area contributed by atoms with Gasteiger partial charge in [0.05, 0.1) is 5.60 Å². The second-order valence-electron chi connectivity index (χ2n) is 8.57. The maximum absolute atomic E-state index is 13.1. The van der Waals surface area contributed by atoms with Crippen LogP contribution in [-0.4, -0.2) is 92.2 Å². The highest BCUT2D eigenvalue weighted by Crippen LogP contribution is 2.38. The fourth-order valence-corrected chi connectivity index (χ4v) is 6.69. The van der Waals surface area contributed by atoms with Crippen LogP contribution in [0.25, 0.3) is 0 Å². The summed E-state index contributed by atoms with van der Waals surface area (Å²) in [6.07, 6.45) is 3.59. The summed E-state index contributed by atoms with van der Waals surface area (Å²) in [4.78, 5) is 5.21. The summed E-state index contributed by atoms with van der Waals surface area (Å²) in [7, 11) is -1.39. The lowest BCUT2D eigenvalue weighted by Crippen LogP contribution is -2.57. The van der Waals surface area contributed by atoms with Crippen molar-refractivity contribution < 1.29 is 17.7 Å². The smallest absolute Gasteiger partial charge is 0.248 e. The van der Waals surface area contributed by atoms with Crippen molar-refractivity contribution in [2.45, 2.75) is 56.1 Å². The maximum atomic E-state index is 13.1. The minimum Gasteiger partial charge on any atom is -0.375 e. The average Bonchev–Trinajstić information content (AvgIpc) is 3.02. The van der Waals surface area contributed by atoms with Gasteiger partial charge in [-0.3, -0.25) is 4.90 Å². The molecular formula is C19H32N4O4S. The normalized spacial score (nSPS) is 28.0. The van der Waals surface area contributed by atoms with Gasteiger partial charge in [-0.05, 0) is 46.6 Å². The van der Waals surface area contributed by atoms with E-state index in [1.807, 2.05) is 0 Å². The molecule has 1 atom stereocenters. The van der Waals surface area contributed by atoms with Crippen LogP contribution in [0.15, 0.2) is 9.42 Å². The predicted molar refractivity (Wildman–Crippen MR) is 105 cm³/mol. The molecule has 0 aromatic carbocycles. The van der Waals surface area contributed by atoms with Crippen LogP contribution in [-0.2, 0) is 14.8 Å². The van der Waals surface area contributed by atoms with Gasteiger partial charge in [-0.1, -0.05) is 5.16 Å². The van der Waals surface area contributed by atoms with Crippen molar-refractivity contribution in [2.75, 3.05) is 52.9 Å². The fraction of sp³-hybridized carbons (Fsp3) is 0.842. The van der Waals surface area contributed by atoms with Crippen LogP contribution in [0.4, 0.5) is 0 Å². The molecule has 0 amide bonds. The Kier molecular flexibility index (Phi) is 5.56. The largest absolute Gasteiger partial charge is 0.375 e. The predicted octanol–water partition coefficient (Wildman–Crippen LogP) is 1.24. The molecule has 1 spiro atoms. The second-order valence-corrected chi connectivity index (χ2v) is 10.4. The topological polar surface area (TPSA) is 79.1 Å². The molecular weight excluding hydrogens is 380 g/mol. The molecule has 1 unspecified atom stereocenters. The number of rotatable bonds is 3. The quantitative estimate of drug-likeness (QED) is 0.739. The summed E-state index contributed by atoms with van der Waals surface area (Å²) in [6, 6.07) is 0.549. The Hall–Kier alpha value is -1.00. The zero-order valence-corrected chi connectivity index (χ0v) is 18.0. The lowest BCUT2D eigenvalue weighted by Gasteiger charge is -2.49. The molecule has 158 valence electrons. The molecule has 0 saturated carbocycles. The summed E-state index contributed by atoms with van der Waals surface area (Å²) in [5.74, 6) is 0.363. The first kappa shape index (κ1) is 20.3. The van der Waals surface area contributed by atoms with Crippen molar-refractivity contribution in [2.24, 2.45) is 0 Å². The van der Waals surface area contributed by atoms with Gasteiger partial charge >= 0.3 is 0 Å². The molecule has 1 aromatic rings. The van der Waals surface area contributed by atoms with Crippen LogP contribution in [0.2, 0.25) is 0 Å². The molecule has 3 fully saturated rings. The number of piperazine rings is 1. The first-order valence-electron chi connectivity index (χ1n) is 10.3. The van der Waals surface area contributed by atoms with Crippen molar-refractivity contribution in [3.05, 3.63) is 11.5 Å². The van der Waals surface area contributed by atoms with Gasteiger partial charge in [-0.2, -0.15) is 4.31 Å². The Morgan fingerprint density at radius 1 is 1.07 bits per heavy atom. The SMILES string of the molecule is Cc1noc(C)c1S(=O)(=O)N1CCC2(CC1)CC(N1CCN(C)CC1)CCO2. The van der Waals surface area contributed by atoms with E-state index in [0.29, 0.717) is 30.6 Å². The molecule has 28 heavy (non-hydrogen) atoms. The van der Waals surface area contributed by atoms with Crippen LogP contribution in [0.3, 0.4) is 0 Å². The highest BCUT2D eigenvalue weighted by molar-refractivity contribution is 7.89. The zero-order valence-electron chi connectivity index (χ0n) is 17.2. The van der Waals surface area contributed by atoms with E-state index in [9.17, 15) is 8.42 Å². The van der Waals surface area contributed by atoms with E-state index in [1.54, 1.807) is 18.2 Å². The van der Waals surface area contributed by atoms with Crippen molar-refractivity contribution in [1.82, 2.24) is 19.3 Å². The fourth-order valence-electron chi connectivity index (χ4n) is 4.96. The minimum absolute atomic E-state index is 0.184. The number of likely N-dealkylation sites (N-methyl/N-ethyl adjacent to an activating group) is 1. The number of piperidine rings is 1. The molecule has 1 aromatic heterocycles. The van der Waals surface area contributed by atoms with E-state index < -0.39 is 10.0 Å². The van der Waals surface area contributed by atoms with Crippen LogP contribution in [0.5, 0.6) is 0 Å². The van der Waals surface area contributed by atoms with Gasteiger partial charge in [0.1, 0.15) is 10.6 Å². The van der Waals surface area contributed by atoms with E-state index in [4.69, 9.17) is 9.26 Å². The van der Waals surface area contributed by atoms with Gasteiger partial charge in [-0.25, -0.2) is 8.42 Å². The van der Waals surface area contributed by atoms with Crippen LogP contribution in [0, 0.1) is 13.8 Å². The molecule has 4 heterocycles. The monoisotopic (exact) mass is 412 g/mol. The van der Waals surface area contributed by atoms with E-state index in [1.165, 1.54) is 0 Å². The Morgan fingerprint density at radius 3 is 2.36 bits per heavy atom. The lowest BCUT2D eigenvalue weighted by atomic mass is 9.82. The van der Waals surface area contributed by atoms with Crippen molar-refractivity contribution >= 4 is 10.0 Å². The number of sulfonamides is 1. The first-order valence-corrected chi connectivity index (χ1v) is 11.7. The van der Waals surface area contributed by atoms with Crippen molar-refractivity contribution in [3.8, 4) is 0 Å². The van der Waals surface area contributed by atoms with Crippen LogP contribution < -0.4 is 0 Å². The van der Waals surface area contributed by atoms with Crippen LogP contribution >= 0.6 is 0 Å². The van der Waals surface area contributed by atoms with Gasteiger partial charge in [0.15, 0.2) is 5.76 Å². The highest BCUT2D eigenvalue weighted by atomic mass is 32.2. The van der Waals surface area contributed by atoms with Gasteiger partial charge in [0.25, 0.3) is 0 Å². The van der Waals surface area contributed by atoms with Gasteiger partial charge in [0, 0.05) is 51.9 Å². The Labute approximate surface area is 167 Å². The molecule has 0 N–H and O–H groups in total. The molecule has 3 aliphatic rings. The van der Waals surface area contributed by atoms with Crippen molar-refractivity contribution in [3.63, 3.8) is 0 Å². The summed E-state index contributed by atoms with van der Waals surface area (Å²) in [6.45, 7) is 9.55. The zero-order chi connectivity index (χ0) is 19.9. The first-order chi connectivity index (χ1) is 13.3. The van der Waals surface area contributed by atoms with E-state index >= 15 is 0 Å². The Bertz CT molecular complexity index is 773. The summed E-state index contributed by atoms with van der Waals surface area (Å²) < 4.78 is 39.1. The maximum Gasteiger partial charge on any atom is 0.248 e. The van der Waals surface area contributed by atoms with Crippen LogP contribution in [0.1, 0.15) is 37.1 Å². The number of aryl methyl sites for hydroxylation is 2. The third kappa shape index (κ3) is 3.75. The average molecular weight is 413 g/mol. The van der Waals surface area contributed by atoms with Gasteiger partial charge in [-0.15, -0.1) is 0 Å². The molecule has 3 aliphatic heterocycles. The minimum atomic E-state index is -3.57. The summed E-state index contributed by atoms with van der Waals surface area (Å²) in [5.41, 5.74) is 0.249. The second kappa shape index (κ2) is 7.68. The van der Waals surface area contributed by atoms with E-state index in [-0.39, 0.29) is 10.5 Å². The highest BCUT2D eigenvalue weighted by Gasteiger charge is 2.45. The van der Waals surface area contributed by atoms with E-state index in [2.05, 4.69) is 22.0 Å². The molecule has 0 radical (unpaired) electrons. The number of hydrogen-bond acceptors (Lipinski definition) is 7.